The van der Waals surface area contributed by atoms with Crippen LogP contribution in [0.4, 0.5) is 10.6 Å². The van der Waals surface area contributed by atoms with Gasteiger partial charge in [-0.2, -0.15) is 0 Å². The molecule has 0 bridgehead atoms. The molecule has 1 aliphatic heterocycles. The van der Waals surface area contributed by atoms with Crippen molar-refractivity contribution >= 4 is 17.8 Å². The fourth-order valence-electron chi connectivity index (χ4n) is 1.52. The standard InChI is InChI=1S/C10H11N3O4/c1-5-7(17-10(11)15)9(14)13-8-6(16-5)3-2-4-12-8/h2-5,7H,1H3,(H2,11,15)(H,12,13,14). The summed E-state index contributed by atoms with van der Waals surface area (Å²) in [7, 11) is 0. The van der Waals surface area contributed by atoms with E-state index in [1.807, 2.05) is 0 Å². The molecule has 0 saturated heterocycles. The molecule has 0 radical (unpaired) electrons. The zero-order valence-electron chi connectivity index (χ0n) is 9.04. The van der Waals surface area contributed by atoms with E-state index in [2.05, 4.69) is 10.3 Å². The molecule has 0 saturated carbocycles. The maximum absolute atomic E-state index is 11.8. The van der Waals surface area contributed by atoms with E-state index in [1.165, 1.54) is 6.20 Å². The Morgan fingerprint density at radius 3 is 3.12 bits per heavy atom. The average Bonchev–Trinajstić information content (AvgIpc) is 2.38. The molecule has 1 aromatic rings. The lowest BCUT2D eigenvalue weighted by atomic mass is 10.2. The first-order chi connectivity index (χ1) is 8.08. The Kier molecular flexibility index (Phi) is 2.82. The summed E-state index contributed by atoms with van der Waals surface area (Å²) < 4.78 is 10.2. The molecule has 0 spiro atoms. The smallest absolute Gasteiger partial charge is 0.405 e. The molecule has 2 rings (SSSR count). The molecule has 0 aliphatic carbocycles. The predicted octanol–water partition coefficient (Wildman–Crippen LogP) is 0.265. The highest BCUT2D eigenvalue weighted by atomic mass is 16.6. The Hall–Kier alpha value is -2.31. The van der Waals surface area contributed by atoms with Gasteiger partial charge < -0.3 is 20.5 Å². The normalized spacial score (nSPS) is 22.8. The summed E-state index contributed by atoms with van der Waals surface area (Å²) >= 11 is 0. The van der Waals surface area contributed by atoms with Crippen LogP contribution in [0.3, 0.4) is 0 Å². The summed E-state index contributed by atoms with van der Waals surface area (Å²) in [4.78, 5) is 26.4. The van der Waals surface area contributed by atoms with Gasteiger partial charge in [0.2, 0.25) is 6.10 Å². The maximum atomic E-state index is 11.8. The van der Waals surface area contributed by atoms with Gasteiger partial charge in [0.15, 0.2) is 11.6 Å². The Morgan fingerprint density at radius 2 is 2.41 bits per heavy atom. The quantitative estimate of drug-likeness (QED) is 0.729. The number of carbonyl (C=O) groups is 2. The van der Waals surface area contributed by atoms with Crippen LogP contribution in [0.2, 0.25) is 0 Å². The molecule has 7 nitrogen and oxygen atoms in total. The minimum absolute atomic E-state index is 0.292. The highest BCUT2D eigenvalue weighted by Gasteiger charge is 2.34. The second-order valence-corrected chi connectivity index (χ2v) is 3.52. The van der Waals surface area contributed by atoms with Crippen molar-refractivity contribution in [1.29, 1.82) is 0 Å². The van der Waals surface area contributed by atoms with Gasteiger partial charge in [0.05, 0.1) is 0 Å². The number of carbonyl (C=O) groups excluding carboxylic acids is 2. The van der Waals surface area contributed by atoms with Crippen LogP contribution in [-0.2, 0) is 9.53 Å². The minimum Gasteiger partial charge on any atom is -0.482 e. The topological polar surface area (TPSA) is 104 Å². The van der Waals surface area contributed by atoms with Crippen molar-refractivity contribution in [3.05, 3.63) is 18.3 Å². The number of amides is 2. The predicted molar refractivity (Wildman–Crippen MR) is 57.4 cm³/mol. The van der Waals surface area contributed by atoms with Crippen LogP contribution in [0.15, 0.2) is 18.3 Å². The monoisotopic (exact) mass is 237 g/mol. The summed E-state index contributed by atoms with van der Waals surface area (Å²) in [6, 6.07) is 3.33. The van der Waals surface area contributed by atoms with E-state index in [0.717, 1.165) is 0 Å². The van der Waals surface area contributed by atoms with Crippen molar-refractivity contribution in [2.45, 2.75) is 19.1 Å². The van der Waals surface area contributed by atoms with Crippen LogP contribution < -0.4 is 15.8 Å². The average molecular weight is 237 g/mol. The minimum atomic E-state index is -1.10. The van der Waals surface area contributed by atoms with Crippen LogP contribution in [-0.4, -0.2) is 29.2 Å². The number of nitrogens with two attached hydrogens (primary N) is 1. The largest absolute Gasteiger partial charge is 0.482 e. The second kappa shape index (κ2) is 4.28. The molecular formula is C10H11N3O4. The molecule has 7 heteroatoms. The third kappa shape index (κ3) is 2.27. The van der Waals surface area contributed by atoms with Gasteiger partial charge >= 0.3 is 6.09 Å². The molecular weight excluding hydrogens is 226 g/mol. The Bertz CT molecular complexity index is 463. The van der Waals surface area contributed by atoms with Gasteiger partial charge in [0.1, 0.15) is 6.10 Å². The van der Waals surface area contributed by atoms with Crippen LogP contribution >= 0.6 is 0 Å². The summed E-state index contributed by atoms with van der Waals surface area (Å²) in [5.74, 6) is 0.192. The van der Waals surface area contributed by atoms with Crippen molar-refractivity contribution in [2.24, 2.45) is 5.73 Å². The van der Waals surface area contributed by atoms with E-state index >= 15 is 0 Å². The first-order valence-corrected chi connectivity index (χ1v) is 4.96. The van der Waals surface area contributed by atoms with Gasteiger partial charge in [0.25, 0.3) is 5.91 Å². The number of primary amides is 1. The van der Waals surface area contributed by atoms with E-state index in [0.29, 0.717) is 11.6 Å². The molecule has 90 valence electrons. The van der Waals surface area contributed by atoms with E-state index in [-0.39, 0.29) is 0 Å². The van der Waals surface area contributed by atoms with Gasteiger partial charge in [-0.15, -0.1) is 0 Å². The van der Waals surface area contributed by atoms with Crippen molar-refractivity contribution in [3.63, 3.8) is 0 Å². The van der Waals surface area contributed by atoms with E-state index in [1.54, 1.807) is 19.1 Å². The highest BCUT2D eigenvalue weighted by Crippen LogP contribution is 2.26. The zero-order chi connectivity index (χ0) is 12.4. The number of nitrogens with zero attached hydrogens (tertiary/aromatic N) is 1. The van der Waals surface area contributed by atoms with Gasteiger partial charge in [-0.3, -0.25) is 4.79 Å². The molecule has 2 heterocycles. The molecule has 2 unspecified atom stereocenters. The van der Waals surface area contributed by atoms with Gasteiger partial charge in [-0.25, -0.2) is 9.78 Å². The Morgan fingerprint density at radius 1 is 1.65 bits per heavy atom. The number of anilines is 1. The van der Waals surface area contributed by atoms with Crippen molar-refractivity contribution < 1.29 is 19.1 Å². The number of nitrogens with one attached hydrogen (secondary N) is 1. The first-order valence-electron chi connectivity index (χ1n) is 4.96. The summed E-state index contributed by atoms with van der Waals surface area (Å²) in [6.07, 6.45) is -1.25. The number of hydrogen-bond acceptors (Lipinski definition) is 5. The van der Waals surface area contributed by atoms with E-state index in [4.69, 9.17) is 15.2 Å². The lowest BCUT2D eigenvalue weighted by molar-refractivity contribution is -0.127. The van der Waals surface area contributed by atoms with Crippen LogP contribution in [0.25, 0.3) is 0 Å². The Balaban J connectivity index is 2.28. The fourth-order valence-corrected chi connectivity index (χ4v) is 1.52. The van der Waals surface area contributed by atoms with Crippen LogP contribution in [0, 0.1) is 0 Å². The Labute approximate surface area is 96.9 Å². The van der Waals surface area contributed by atoms with Crippen LogP contribution in [0.5, 0.6) is 5.75 Å². The second-order valence-electron chi connectivity index (χ2n) is 3.52. The number of rotatable bonds is 1. The third-order valence-electron chi connectivity index (χ3n) is 2.25. The summed E-state index contributed by atoms with van der Waals surface area (Å²) in [6.45, 7) is 1.61. The molecule has 0 aromatic carbocycles. The maximum Gasteiger partial charge on any atom is 0.405 e. The lowest BCUT2D eigenvalue weighted by Gasteiger charge is -2.19. The molecule has 1 aliphatic rings. The third-order valence-corrected chi connectivity index (χ3v) is 2.25. The summed E-state index contributed by atoms with van der Waals surface area (Å²) in [5, 5.41) is 2.50. The zero-order valence-corrected chi connectivity index (χ0v) is 9.04. The SMILES string of the molecule is CC1Oc2cccnc2NC(=O)C1OC(N)=O. The van der Waals surface area contributed by atoms with Gasteiger partial charge in [0, 0.05) is 6.20 Å². The number of fused-ring (bicyclic) bond motifs is 1. The molecule has 2 atom stereocenters. The molecule has 17 heavy (non-hydrogen) atoms. The first kappa shape index (κ1) is 11.2. The van der Waals surface area contributed by atoms with Crippen molar-refractivity contribution in [1.82, 2.24) is 4.98 Å². The number of aromatic nitrogens is 1. The highest BCUT2D eigenvalue weighted by molar-refractivity contribution is 5.96. The van der Waals surface area contributed by atoms with Crippen molar-refractivity contribution in [2.75, 3.05) is 5.32 Å². The van der Waals surface area contributed by atoms with Crippen LogP contribution in [0.1, 0.15) is 6.92 Å². The molecule has 1 aromatic heterocycles. The van der Waals surface area contributed by atoms with Gasteiger partial charge in [-0.1, -0.05) is 0 Å². The molecule has 0 fully saturated rings. The van der Waals surface area contributed by atoms with E-state index in [9.17, 15) is 9.59 Å². The van der Waals surface area contributed by atoms with E-state index < -0.39 is 24.2 Å². The summed E-state index contributed by atoms with van der Waals surface area (Å²) in [5.41, 5.74) is 4.89. The van der Waals surface area contributed by atoms with Gasteiger partial charge in [-0.05, 0) is 19.1 Å². The lowest BCUT2D eigenvalue weighted by Crippen LogP contribution is -2.42. The molecule has 2 amide bonds. The fraction of sp³-hybridized carbons (Fsp3) is 0.300. The number of pyridine rings is 1. The number of ether oxygens (including phenoxy) is 2. The van der Waals surface area contributed by atoms with Crippen molar-refractivity contribution in [3.8, 4) is 5.75 Å². The molecule has 3 N–H and O–H groups in total. The number of hydrogen-bond donors (Lipinski definition) is 2.